The molecule has 0 bridgehead atoms. The van der Waals surface area contributed by atoms with Crippen molar-refractivity contribution in [1.29, 1.82) is 0 Å². The molecule has 2 N–H and O–H groups in total. The molecular formula is C11H14ClNO. The first-order valence-electron chi connectivity index (χ1n) is 4.41. The van der Waals surface area contributed by atoms with Crippen LogP contribution in [0.1, 0.15) is 36.7 Å². The molecule has 0 saturated heterocycles. The molecule has 0 aliphatic rings. The summed E-state index contributed by atoms with van der Waals surface area (Å²) >= 11 is 5.89. The van der Waals surface area contributed by atoms with Gasteiger partial charge in [-0.2, -0.15) is 0 Å². The normalized spacial score (nSPS) is 11.4. The van der Waals surface area contributed by atoms with E-state index in [1.807, 2.05) is 6.07 Å². The highest BCUT2D eigenvalue weighted by Gasteiger charge is 2.16. The van der Waals surface area contributed by atoms with Crippen molar-refractivity contribution in [3.8, 4) is 0 Å². The number of primary amides is 1. The lowest BCUT2D eigenvalue weighted by molar-refractivity contribution is 0.1000. The van der Waals surface area contributed by atoms with Gasteiger partial charge in [0.25, 0.3) is 0 Å². The highest BCUT2D eigenvalue weighted by Crippen LogP contribution is 2.26. The predicted octanol–water partition coefficient (Wildman–Crippen LogP) is 2.74. The molecule has 2 nitrogen and oxygen atoms in total. The van der Waals surface area contributed by atoms with Crippen LogP contribution in [0.2, 0.25) is 5.02 Å². The van der Waals surface area contributed by atoms with Gasteiger partial charge in [0.2, 0.25) is 5.91 Å². The second-order valence-corrected chi connectivity index (χ2v) is 4.78. The summed E-state index contributed by atoms with van der Waals surface area (Å²) in [6, 6.07) is 5.22. The molecule has 0 unspecified atom stereocenters. The highest BCUT2D eigenvalue weighted by atomic mass is 35.5. The maximum atomic E-state index is 11.0. The van der Waals surface area contributed by atoms with Crippen molar-refractivity contribution in [3.05, 3.63) is 34.3 Å². The number of benzene rings is 1. The largest absolute Gasteiger partial charge is 0.366 e. The Morgan fingerprint density at radius 1 is 1.29 bits per heavy atom. The Hall–Kier alpha value is -1.02. The van der Waals surface area contributed by atoms with Gasteiger partial charge in [0.05, 0.1) is 0 Å². The van der Waals surface area contributed by atoms with Gasteiger partial charge in [0, 0.05) is 10.6 Å². The Kier molecular flexibility index (Phi) is 2.86. The Balaban J connectivity index is 3.28. The van der Waals surface area contributed by atoms with E-state index in [2.05, 4.69) is 20.8 Å². The number of halogens is 1. The molecule has 1 aromatic rings. The van der Waals surface area contributed by atoms with Crippen LogP contribution in [-0.2, 0) is 5.41 Å². The quantitative estimate of drug-likeness (QED) is 0.763. The fourth-order valence-corrected chi connectivity index (χ4v) is 1.40. The van der Waals surface area contributed by atoms with Crippen LogP contribution in [0.4, 0.5) is 0 Å². The maximum Gasteiger partial charge on any atom is 0.248 e. The Morgan fingerprint density at radius 3 is 2.29 bits per heavy atom. The number of carbonyl (C=O) groups is 1. The highest BCUT2D eigenvalue weighted by molar-refractivity contribution is 6.31. The number of hydrogen-bond acceptors (Lipinski definition) is 1. The van der Waals surface area contributed by atoms with E-state index >= 15 is 0 Å². The lowest BCUT2D eigenvalue weighted by Gasteiger charge is -2.19. The predicted molar refractivity (Wildman–Crippen MR) is 58.7 cm³/mol. The van der Waals surface area contributed by atoms with Gasteiger partial charge < -0.3 is 5.73 Å². The molecule has 0 saturated carbocycles. The average molecular weight is 212 g/mol. The van der Waals surface area contributed by atoms with Crippen LogP contribution in [0.25, 0.3) is 0 Å². The van der Waals surface area contributed by atoms with E-state index < -0.39 is 5.91 Å². The monoisotopic (exact) mass is 211 g/mol. The van der Waals surface area contributed by atoms with Crippen LogP contribution in [0.15, 0.2) is 18.2 Å². The Labute approximate surface area is 89.1 Å². The van der Waals surface area contributed by atoms with Crippen molar-refractivity contribution in [2.24, 2.45) is 5.73 Å². The number of nitrogens with two attached hydrogens (primary N) is 1. The standard InChI is InChI=1S/C11H14ClNO/c1-11(2,3)8-4-7(10(13)14)5-9(12)6-8/h4-6H,1-3H3,(H2,13,14). The van der Waals surface area contributed by atoms with Crippen molar-refractivity contribution in [2.75, 3.05) is 0 Å². The lowest BCUT2D eigenvalue weighted by atomic mass is 9.86. The smallest absolute Gasteiger partial charge is 0.248 e. The summed E-state index contributed by atoms with van der Waals surface area (Å²) in [6.07, 6.45) is 0. The molecule has 0 radical (unpaired) electrons. The molecule has 0 aliphatic carbocycles. The van der Waals surface area contributed by atoms with Gasteiger partial charge in [0.15, 0.2) is 0 Å². The first-order chi connectivity index (χ1) is 6.30. The summed E-state index contributed by atoms with van der Waals surface area (Å²) < 4.78 is 0. The maximum absolute atomic E-state index is 11.0. The summed E-state index contributed by atoms with van der Waals surface area (Å²) in [7, 11) is 0. The number of amides is 1. The molecule has 0 aliphatic heterocycles. The molecule has 0 aromatic heterocycles. The topological polar surface area (TPSA) is 43.1 Å². The third-order valence-electron chi connectivity index (χ3n) is 2.05. The van der Waals surface area contributed by atoms with Crippen LogP contribution < -0.4 is 5.73 Å². The van der Waals surface area contributed by atoms with Crippen molar-refractivity contribution >= 4 is 17.5 Å². The minimum Gasteiger partial charge on any atom is -0.366 e. The number of carbonyl (C=O) groups excluding carboxylic acids is 1. The van der Waals surface area contributed by atoms with Gasteiger partial charge in [-0.15, -0.1) is 0 Å². The fraction of sp³-hybridized carbons (Fsp3) is 0.364. The van der Waals surface area contributed by atoms with Gasteiger partial charge in [-0.25, -0.2) is 0 Å². The van der Waals surface area contributed by atoms with E-state index in [9.17, 15) is 4.79 Å². The first-order valence-corrected chi connectivity index (χ1v) is 4.79. The summed E-state index contributed by atoms with van der Waals surface area (Å²) in [5, 5.41) is 0.547. The van der Waals surface area contributed by atoms with Crippen molar-refractivity contribution in [3.63, 3.8) is 0 Å². The molecule has 76 valence electrons. The minimum atomic E-state index is -0.446. The molecule has 1 amide bonds. The van der Waals surface area contributed by atoms with E-state index in [4.69, 9.17) is 17.3 Å². The van der Waals surface area contributed by atoms with E-state index in [1.165, 1.54) is 0 Å². The molecule has 14 heavy (non-hydrogen) atoms. The summed E-state index contributed by atoms with van der Waals surface area (Å²) in [5.41, 5.74) is 6.64. The van der Waals surface area contributed by atoms with Crippen LogP contribution >= 0.6 is 11.6 Å². The average Bonchev–Trinajstić information content (AvgIpc) is 2.01. The van der Waals surface area contributed by atoms with E-state index in [-0.39, 0.29) is 5.41 Å². The second kappa shape index (κ2) is 3.62. The zero-order chi connectivity index (χ0) is 10.9. The van der Waals surface area contributed by atoms with Gasteiger partial charge in [-0.3, -0.25) is 4.79 Å². The zero-order valence-corrected chi connectivity index (χ0v) is 9.35. The van der Waals surface area contributed by atoms with Crippen molar-refractivity contribution < 1.29 is 4.79 Å². The molecule has 3 heteroatoms. The van der Waals surface area contributed by atoms with Gasteiger partial charge >= 0.3 is 0 Å². The molecular weight excluding hydrogens is 198 g/mol. The number of hydrogen-bond donors (Lipinski definition) is 1. The molecule has 0 atom stereocenters. The van der Waals surface area contributed by atoms with Crippen LogP contribution in [0, 0.1) is 0 Å². The third-order valence-corrected chi connectivity index (χ3v) is 2.27. The van der Waals surface area contributed by atoms with E-state index in [0.29, 0.717) is 10.6 Å². The Bertz CT molecular complexity index is 366. The summed E-state index contributed by atoms with van der Waals surface area (Å²) in [4.78, 5) is 11.0. The van der Waals surface area contributed by atoms with Gasteiger partial charge in [0.1, 0.15) is 0 Å². The summed E-state index contributed by atoms with van der Waals surface area (Å²) in [5.74, 6) is -0.446. The Morgan fingerprint density at radius 2 is 1.86 bits per heavy atom. The van der Waals surface area contributed by atoms with E-state index in [0.717, 1.165) is 5.56 Å². The van der Waals surface area contributed by atoms with Crippen LogP contribution in [0.3, 0.4) is 0 Å². The van der Waals surface area contributed by atoms with Gasteiger partial charge in [-0.1, -0.05) is 32.4 Å². The van der Waals surface area contributed by atoms with Gasteiger partial charge in [-0.05, 0) is 29.2 Å². The third kappa shape index (κ3) is 2.48. The fourth-order valence-electron chi connectivity index (χ4n) is 1.16. The molecule has 0 spiro atoms. The molecule has 1 rings (SSSR count). The van der Waals surface area contributed by atoms with Crippen LogP contribution in [0.5, 0.6) is 0 Å². The molecule has 0 fully saturated rings. The van der Waals surface area contributed by atoms with Crippen LogP contribution in [-0.4, -0.2) is 5.91 Å². The van der Waals surface area contributed by atoms with Crippen molar-refractivity contribution in [1.82, 2.24) is 0 Å². The first kappa shape index (κ1) is 11.1. The lowest BCUT2D eigenvalue weighted by Crippen LogP contribution is -2.15. The number of rotatable bonds is 1. The molecule has 1 aromatic carbocycles. The van der Waals surface area contributed by atoms with Crippen molar-refractivity contribution in [2.45, 2.75) is 26.2 Å². The molecule has 0 heterocycles. The zero-order valence-electron chi connectivity index (χ0n) is 8.60. The van der Waals surface area contributed by atoms with E-state index in [1.54, 1.807) is 12.1 Å². The SMILES string of the molecule is CC(C)(C)c1cc(Cl)cc(C(N)=O)c1. The summed E-state index contributed by atoms with van der Waals surface area (Å²) in [6.45, 7) is 6.18. The minimum absolute atomic E-state index is 0.0326. The second-order valence-electron chi connectivity index (χ2n) is 4.34.